The molecule has 1 aliphatic carbocycles. The topological polar surface area (TPSA) is 12.0 Å². The molecule has 0 bridgehead atoms. The van der Waals surface area contributed by atoms with Gasteiger partial charge >= 0.3 is 6.18 Å². The van der Waals surface area contributed by atoms with Gasteiger partial charge in [0, 0.05) is 5.69 Å². The molecule has 1 nitrogen and oxygen atoms in total. The van der Waals surface area contributed by atoms with Gasteiger partial charge in [-0.3, -0.25) is 0 Å². The average molecular weight is 215 g/mol. The van der Waals surface area contributed by atoms with E-state index in [9.17, 15) is 13.2 Å². The molecule has 82 valence electrons. The van der Waals surface area contributed by atoms with Crippen LogP contribution in [0.3, 0.4) is 0 Å². The summed E-state index contributed by atoms with van der Waals surface area (Å²) in [5.74, 6) is 0. The van der Waals surface area contributed by atoms with Crippen LogP contribution in [0, 0.1) is 0 Å². The van der Waals surface area contributed by atoms with Gasteiger partial charge in [0.1, 0.15) is 6.54 Å². The highest BCUT2D eigenvalue weighted by Crippen LogP contribution is 2.25. The Labute approximate surface area is 86.3 Å². The Kier molecular flexibility index (Phi) is 2.59. The normalized spacial score (nSPS) is 15.1. The fourth-order valence-electron chi connectivity index (χ4n) is 1.88. The Hall–Kier alpha value is -1.19. The van der Waals surface area contributed by atoms with Crippen LogP contribution in [0.4, 0.5) is 18.9 Å². The zero-order valence-corrected chi connectivity index (χ0v) is 8.19. The lowest BCUT2D eigenvalue weighted by molar-refractivity contribution is -0.115. The number of halogens is 3. The van der Waals surface area contributed by atoms with Gasteiger partial charge in [-0.2, -0.15) is 13.2 Å². The Morgan fingerprint density at radius 1 is 1.13 bits per heavy atom. The number of hydrogen-bond donors (Lipinski definition) is 1. The first-order valence-electron chi connectivity index (χ1n) is 4.97. The predicted molar refractivity (Wildman–Crippen MR) is 53.0 cm³/mol. The van der Waals surface area contributed by atoms with Crippen LogP contribution in [-0.4, -0.2) is 12.7 Å². The van der Waals surface area contributed by atoms with E-state index in [1.54, 1.807) is 6.07 Å². The third kappa shape index (κ3) is 2.64. The van der Waals surface area contributed by atoms with Crippen molar-refractivity contribution >= 4 is 5.69 Å². The van der Waals surface area contributed by atoms with Crippen molar-refractivity contribution in [1.82, 2.24) is 0 Å². The second-order valence-corrected chi connectivity index (χ2v) is 3.81. The van der Waals surface area contributed by atoms with Crippen LogP contribution in [0.1, 0.15) is 17.5 Å². The summed E-state index contributed by atoms with van der Waals surface area (Å²) in [6.45, 7) is -0.966. The Morgan fingerprint density at radius 3 is 2.60 bits per heavy atom. The fraction of sp³-hybridized carbons (Fsp3) is 0.455. The van der Waals surface area contributed by atoms with Gasteiger partial charge in [-0.15, -0.1) is 0 Å². The SMILES string of the molecule is FC(F)(F)CNc1ccc2c(c1)CCC2. The molecule has 0 radical (unpaired) electrons. The van der Waals surface area contributed by atoms with Gasteiger partial charge in [0.05, 0.1) is 0 Å². The highest BCUT2D eigenvalue weighted by Gasteiger charge is 2.26. The van der Waals surface area contributed by atoms with Crippen LogP contribution in [0.15, 0.2) is 18.2 Å². The summed E-state index contributed by atoms with van der Waals surface area (Å²) in [4.78, 5) is 0. The number of anilines is 1. The highest BCUT2D eigenvalue weighted by molar-refractivity contribution is 5.50. The maximum absolute atomic E-state index is 12.0. The van der Waals surface area contributed by atoms with Crippen LogP contribution >= 0.6 is 0 Å². The second-order valence-electron chi connectivity index (χ2n) is 3.81. The maximum atomic E-state index is 12.0. The predicted octanol–water partition coefficient (Wildman–Crippen LogP) is 3.15. The molecular formula is C11H12F3N. The minimum atomic E-state index is -4.15. The summed E-state index contributed by atoms with van der Waals surface area (Å²) in [5, 5.41) is 2.39. The van der Waals surface area contributed by atoms with Crippen LogP contribution in [0.25, 0.3) is 0 Å². The molecule has 0 amide bonds. The van der Waals surface area contributed by atoms with Crippen LogP contribution in [0.2, 0.25) is 0 Å². The third-order valence-corrected chi connectivity index (χ3v) is 2.59. The molecule has 0 atom stereocenters. The molecular weight excluding hydrogens is 203 g/mol. The molecule has 1 aromatic rings. The minimum Gasteiger partial charge on any atom is -0.376 e. The van der Waals surface area contributed by atoms with Crippen molar-refractivity contribution in [2.45, 2.75) is 25.4 Å². The molecule has 0 spiro atoms. The van der Waals surface area contributed by atoms with Crippen LogP contribution < -0.4 is 5.32 Å². The molecule has 1 aliphatic rings. The van der Waals surface area contributed by atoms with Crippen molar-refractivity contribution in [2.24, 2.45) is 0 Å². The maximum Gasteiger partial charge on any atom is 0.405 e. The van der Waals surface area contributed by atoms with Crippen LogP contribution in [-0.2, 0) is 12.8 Å². The zero-order valence-electron chi connectivity index (χ0n) is 8.19. The molecule has 0 saturated heterocycles. The van der Waals surface area contributed by atoms with Crippen molar-refractivity contribution in [3.8, 4) is 0 Å². The third-order valence-electron chi connectivity index (χ3n) is 2.59. The van der Waals surface area contributed by atoms with E-state index in [4.69, 9.17) is 0 Å². The van der Waals surface area contributed by atoms with E-state index >= 15 is 0 Å². The van der Waals surface area contributed by atoms with Gasteiger partial charge in [0.25, 0.3) is 0 Å². The highest BCUT2D eigenvalue weighted by atomic mass is 19.4. The first-order chi connectivity index (χ1) is 7.04. The number of benzene rings is 1. The Bertz CT molecular complexity index is 357. The average Bonchev–Trinajstić information content (AvgIpc) is 2.60. The first-order valence-corrected chi connectivity index (χ1v) is 4.97. The molecule has 2 rings (SSSR count). The first kappa shape index (κ1) is 10.3. The Morgan fingerprint density at radius 2 is 1.87 bits per heavy atom. The zero-order chi connectivity index (χ0) is 10.9. The monoisotopic (exact) mass is 215 g/mol. The summed E-state index contributed by atoms with van der Waals surface area (Å²) >= 11 is 0. The van der Waals surface area contributed by atoms with Crippen molar-refractivity contribution in [3.63, 3.8) is 0 Å². The minimum absolute atomic E-state index is 0.563. The van der Waals surface area contributed by atoms with Gasteiger partial charge in [-0.25, -0.2) is 0 Å². The van der Waals surface area contributed by atoms with Gasteiger partial charge in [-0.1, -0.05) is 6.07 Å². The van der Waals surface area contributed by atoms with Gasteiger partial charge < -0.3 is 5.32 Å². The molecule has 1 aromatic carbocycles. The van der Waals surface area contributed by atoms with Gasteiger partial charge in [0.2, 0.25) is 0 Å². The Balaban J connectivity index is 2.04. The smallest absolute Gasteiger partial charge is 0.376 e. The number of fused-ring (bicyclic) bond motifs is 1. The molecule has 0 saturated carbocycles. The second kappa shape index (κ2) is 3.76. The van der Waals surface area contributed by atoms with Crippen molar-refractivity contribution < 1.29 is 13.2 Å². The summed E-state index contributed by atoms with van der Waals surface area (Å²) in [6.07, 6.45) is -1.01. The van der Waals surface area contributed by atoms with Crippen LogP contribution in [0.5, 0.6) is 0 Å². The molecule has 0 fully saturated rings. The molecule has 0 heterocycles. The molecule has 1 N–H and O–H groups in total. The van der Waals surface area contributed by atoms with Crippen molar-refractivity contribution in [1.29, 1.82) is 0 Å². The van der Waals surface area contributed by atoms with Crippen molar-refractivity contribution in [2.75, 3.05) is 11.9 Å². The van der Waals surface area contributed by atoms with E-state index in [0.29, 0.717) is 5.69 Å². The molecule has 4 heteroatoms. The van der Waals surface area contributed by atoms with E-state index in [1.165, 1.54) is 11.1 Å². The largest absolute Gasteiger partial charge is 0.405 e. The van der Waals surface area contributed by atoms with E-state index in [2.05, 4.69) is 5.32 Å². The lowest BCUT2D eigenvalue weighted by Gasteiger charge is -2.10. The summed E-state index contributed by atoms with van der Waals surface area (Å²) in [5.41, 5.74) is 3.02. The van der Waals surface area contributed by atoms with E-state index in [0.717, 1.165) is 19.3 Å². The number of rotatable bonds is 2. The number of hydrogen-bond acceptors (Lipinski definition) is 1. The molecule has 0 aromatic heterocycles. The van der Waals surface area contributed by atoms with E-state index in [1.807, 2.05) is 12.1 Å². The number of nitrogens with one attached hydrogen (secondary N) is 1. The summed E-state index contributed by atoms with van der Waals surface area (Å²) in [7, 11) is 0. The van der Waals surface area contributed by atoms with E-state index < -0.39 is 12.7 Å². The summed E-state index contributed by atoms with van der Waals surface area (Å²) in [6, 6.07) is 5.46. The summed E-state index contributed by atoms with van der Waals surface area (Å²) < 4.78 is 35.9. The lowest BCUT2D eigenvalue weighted by atomic mass is 10.1. The lowest BCUT2D eigenvalue weighted by Crippen LogP contribution is -2.21. The van der Waals surface area contributed by atoms with Gasteiger partial charge in [0.15, 0.2) is 0 Å². The standard InChI is InChI=1S/C11H12F3N/c12-11(13,14)7-15-10-5-4-8-2-1-3-9(8)6-10/h4-6,15H,1-3,7H2. The van der Waals surface area contributed by atoms with E-state index in [-0.39, 0.29) is 0 Å². The number of aryl methyl sites for hydroxylation is 2. The van der Waals surface area contributed by atoms with Crippen molar-refractivity contribution in [3.05, 3.63) is 29.3 Å². The molecule has 0 unspecified atom stereocenters. The molecule has 0 aliphatic heterocycles. The van der Waals surface area contributed by atoms with Gasteiger partial charge in [-0.05, 0) is 42.5 Å². The molecule has 15 heavy (non-hydrogen) atoms. The quantitative estimate of drug-likeness (QED) is 0.799. The fourth-order valence-corrected chi connectivity index (χ4v) is 1.88. The number of alkyl halides is 3.